The molecule has 1 heterocycles. The minimum absolute atomic E-state index is 0.0539. The summed E-state index contributed by atoms with van der Waals surface area (Å²) in [4.78, 5) is 57.5. The second kappa shape index (κ2) is 13.7. The largest absolute Gasteiger partial charge is 0.484 e. The number of esters is 1. The van der Waals surface area contributed by atoms with E-state index in [-0.39, 0.29) is 29.2 Å². The van der Waals surface area contributed by atoms with Crippen LogP contribution >= 0.6 is 11.6 Å². The highest BCUT2D eigenvalue weighted by atomic mass is 35.5. The molecular formula is C27H27ClF4N2O8. The molecule has 15 heteroatoms. The first-order valence-electron chi connectivity index (χ1n) is 12.2. The van der Waals surface area contributed by atoms with E-state index in [4.69, 9.17) is 36.7 Å². The molecular weight excluding hydrogens is 592 g/mol. The van der Waals surface area contributed by atoms with Crippen molar-refractivity contribution in [2.45, 2.75) is 63.6 Å². The average molecular weight is 619 g/mol. The molecule has 3 atom stereocenters. The Kier molecular flexibility index (Phi) is 11.2. The number of hydrogen-bond acceptors (Lipinski definition) is 8. The van der Waals surface area contributed by atoms with Crippen molar-refractivity contribution in [3.63, 3.8) is 0 Å². The van der Waals surface area contributed by atoms with Crippen LogP contribution in [0, 0.1) is 5.82 Å². The lowest BCUT2D eigenvalue weighted by Crippen LogP contribution is -2.56. The van der Waals surface area contributed by atoms with Crippen LogP contribution in [-0.2, 0) is 19.1 Å². The zero-order valence-electron chi connectivity index (χ0n) is 22.5. The smallest absolute Gasteiger partial charge is 0.446 e. The van der Waals surface area contributed by atoms with Gasteiger partial charge < -0.3 is 25.6 Å². The summed E-state index contributed by atoms with van der Waals surface area (Å²) in [5.41, 5.74) is 5.43. The first-order valence-corrected chi connectivity index (χ1v) is 12.5. The fourth-order valence-corrected chi connectivity index (χ4v) is 4.02. The third-order valence-corrected chi connectivity index (χ3v) is 6.22. The molecule has 2 aromatic rings. The van der Waals surface area contributed by atoms with Crippen LogP contribution in [0.2, 0.25) is 5.02 Å². The van der Waals surface area contributed by atoms with Gasteiger partial charge in [-0.15, -0.1) is 0 Å². The number of amides is 1. The van der Waals surface area contributed by atoms with Gasteiger partial charge in [-0.05, 0) is 63.6 Å². The van der Waals surface area contributed by atoms with E-state index in [9.17, 15) is 36.7 Å². The Balaban J connectivity index is 0.000000928. The zero-order valence-corrected chi connectivity index (χ0v) is 23.2. The lowest BCUT2D eigenvalue weighted by Gasteiger charge is -2.44. The lowest BCUT2D eigenvalue weighted by molar-refractivity contribution is -0.167. The number of rotatable bonds is 8. The van der Waals surface area contributed by atoms with Gasteiger partial charge in [-0.1, -0.05) is 11.6 Å². The Labute approximate surface area is 242 Å². The predicted molar refractivity (Wildman–Crippen MR) is 140 cm³/mol. The maximum atomic E-state index is 13.6. The number of carbonyl (C=O) groups excluding carboxylic acids is 4. The number of halogens is 5. The van der Waals surface area contributed by atoms with Crippen LogP contribution in [0.1, 0.15) is 65.9 Å². The number of fused-ring (bicyclic) bond motifs is 1. The number of alkyl halides is 3. The molecule has 1 aliphatic heterocycles. The van der Waals surface area contributed by atoms with E-state index in [0.29, 0.717) is 16.9 Å². The fourth-order valence-electron chi connectivity index (χ4n) is 3.84. The quantitative estimate of drug-likeness (QED) is 0.171. The molecule has 2 aromatic carbocycles. The number of ketones is 1. The highest BCUT2D eigenvalue weighted by Crippen LogP contribution is 2.42. The van der Waals surface area contributed by atoms with E-state index < -0.39 is 59.9 Å². The number of carbonyl (C=O) groups is 5. The van der Waals surface area contributed by atoms with Crippen LogP contribution in [0.15, 0.2) is 36.4 Å². The van der Waals surface area contributed by atoms with Crippen LogP contribution in [-0.4, -0.2) is 58.9 Å². The first kappa shape index (κ1) is 34.2. The summed E-state index contributed by atoms with van der Waals surface area (Å²) in [6.45, 7) is 4.66. The zero-order chi connectivity index (χ0) is 32.0. The molecule has 3 rings (SSSR count). The van der Waals surface area contributed by atoms with E-state index in [0.717, 1.165) is 12.1 Å². The van der Waals surface area contributed by atoms with Crippen molar-refractivity contribution in [3.8, 4) is 5.75 Å². The molecule has 0 spiro atoms. The Hall–Kier alpha value is -4.04. The number of benzene rings is 2. The van der Waals surface area contributed by atoms with Gasteiger partial charge in [-0.2, -0.15) is 13.2 Å². The molecule has 1 aliphatic rings. The highest BCUT2D eigenvalue weighted by Gasteiger charge is 2.48. The maximum absolute atomic E-state index is 13.6. The summed E-state index contributed by atoms with van der Waals surface area (Å²) in [7, 11) is 0. The molecule has 4 N–H and O–H groups in total. The van der Waals surface area contributed by atoms with Gasteiger partial charge in [0.1, 0.15) is 23.2 Å². The lowest BCUT2D eigenvalue weighted by atomic mass is 9.85. The topological polar surface area (TPSA) is 162 Å². The number of ether oxygens (including phenoxy) is 2. The number of aliphatic carboxylic acids is 1. The third-order valence-electron chi connectivity index (χ3n) is 5.93. The van der Waals surface area contributed by atoms with Gasteiger partial charge in [0.2, 0.25) is 6.29 Å². The van der Waals surface area contributed by atoms with Crippen molar-refractivity contribution in [1.29, 1.82) is 0 Å². The molecule has 0 bridgehead atoms. The van der Waals surface area contributed by atoms with E-state index in [1.807, 2.05) is 0 Å². The summed E-state index contributed by atoms with van der Waals surface area (Å²) >= 11 is 5.83. The van der Waals surface area contributed by atoms with Crippen molar-refractivity contribution < 1.29 is 56.1 Å². The second-order valence-corrected chi connectivity index (χ2v) is 10.1. The van der Waals surface area contributed by atoms with Crippen LogP contribution in [0.3, 0.4) is 0 Å². The molecule has 0 saturated heterocycles. The predicted octanol–water partition coefficient (Wildman–Crippen LogP) is 4.18. The summed E-state index contributed by atoms with van der Waals surface area (Å²) < 4.78 is 56.6. The molecule has 0 saturated carbocycles. The number of nitrogens with two attached hydrogens (primary N) is 1. The van der Waals surface area contributed by atoms with E-state index in [1.54, 1.807) is 26.0 Å². The number of carboxylic acid groups (broad SMARTS) is 1. The van der Waals surface area contributed by atoms with Gasteiger partial charge in [0.05, 0.1) is 11.1 Å². The van der Waals surface area contributed by atoms with Crippen molar-refractivity contribution in [1.82, 2.24) is 5.32 Å². The SMILES string of the molecule is CC(=O)c1ccc2c(c1)[C@H](NC(=O)c1ccc(F)c(Cl)c1)[C@H](OC(=O)[C@@H](N)CCC(=O)O)C(C)(C)O2.O=CC(F)(F)F. The molecule has 10 nitrogen and oxygen atoms in total. The summed E-state index contributed by atoms with van der Waals surface area (Å²) in [5.74, 6) is -3.22. The number of hydrogen-bond donors (Lipinski definition) is 3. The van der Waals surface area contributed by atoms with E-state index >= 15 is 0 Å². The molecule has 0 aromatic heterocycles. The van der Waals surface area contributed by atoms with Crippen LogP contribution in [0.4, 0.5) is 17.6 Å². The van der Waals surface area contributed by atoms with Gasteiger partial charge in [-0.25, -0.2) is 4.39 Å². The van der Waals surface area contributed by atoms with Gasteiger partial charge >= 0.3 is 18.1 Å². The maximum Gasteiger partial charge on any atom is 0.446 e. The fraction of sp³-hybridized carbons (Fsp3) is 0.370. The molecule has 0 radical (unpaired) electrons. The van der Waals surface area contributed by atoms with Gasteiger partial charge in [0.15, 0.2) is 11.9 Å². The van der Waals surface area contributed by atoms with Crippen molar-refractivity contribution in [3.05, 3.63) is 63.9 Å². The number of Topliss-reactive ketones (excluding diaryl/α,β-unsaturated/α-hetero) is 1. The first-order chi connectivity index (χ1) is 19.4. The molecule has 0 fully saturated rings. The Bertz CT molecular complexity index is 1370. The summed E-state index contributed by atoms with van der Waals surface area (Å²) in [6, 6.07) is 5.90. The number of nitrogens with one attached hydrogen (secondary N) is 1. The number of carboxylic acids is 1. The Morgan fingerprint density at radius 3 is 2.29 bits per heavy atom. The molecule has 1 amide bonds. The second-order valence-electron chi connectivity index (χ2n) is 9.65. The molecule has 0 aliphatic carbocycles. The van der Waals surface area contributed by atoms with Gasteiger partial charge in [0, 0.05) is 23.1 Å². The van der Waals surface area contributed by atoms with Crippen molar-refractivity contribution in [2.24, 2.45) is 5.73 Å². The molecule has 0 unspecified atom stereocenters. The number of aldehydes is 1. The van der Waals surface area contributed by atoms with E-state index in [1.165, 1.54) is 19.1 Å². The average Bonchev–Trinajstić information content (AvgIpc) is 2.89. The normalized spacial score (nSPS) is 17.7. The van der Waals surface area contributed by atoms with Crippen molar-refractivity contribution in [2.75, 3.05) is 0 Å². The van der Waals surface area contributed by atoms with E-state index in [2.05, 4.69) is 5.32 Å². The van der Waals surface area contributed by atoms with Crippen LogP contribution in [0.5, 0.6) is 5.75 Å². The summed E-state index contributed by atoms with van der Waals surface area (Å²) in [6.07, 6.45) is -7.32. The van der Waals surface area contributed by atoms with Gasteiger partial charge in [0.25, 0.3) is 5.91 Å². The van der Waals surface area contributed by atoms with Crippen LogP contribution < -0.4 is 15.8 Å². The Morgan fingerprint density at radius 1 is 1.17 bits per heavy atom. The summed E-state index contributed by atoms with van der Waals surface area (Å²) in [5, 5.41) is 11.4. The van der Waals surface area contributed by atoms with Crippen molar-refractivity contribution >= 4 is 41.5 Å². The monoisotopic (exact) mass is 618 g/mol. The minimum atomic E-state index is -4.64. The standard InChI is InChI=1S/C25H26ClFN2O7.C2HF3O/c1-12(30)13-5-8-19-15(10-13)21(29-23(33)14-4-6-17(27)16(26)11-14)22(25(2,3)36-19)35-24(34)18(28)7-9-20(31)32;3-2(4,5)1-6/h4-6,8,10-11,18,21-22H,7,9,28H2,1-3H3,(H,29,33)(H,31,32);1H/t18-,21-,22-;/m0./s1. The Morgan fingerprint density at radius 2 is 1.76 bits per heavy atom. The molecule has 228 valence electrons. The minimum Gasteiger partial charge on any atom is -0.484 e. The van der Waals surface area contributed by atoms with Gasteiger partial charge in [-0.3, -0.25) is 24.0 Å². The van der Waals surface area contributed by atoms with Crippen LogP contribution in [0.25, 0.3) is 0 Å². The molecule has 42 heavy (non-hydrogen) atoms. The highest BCUT2D eigenvalue weighted by molar-refractivity contribution is 6.31. The third kappa shape index (κ3) is 9.24.